The molecular weight excluding hydrogens is 388 g/mol. The quantitative estimate of drug-likeness (QED) is 0.772. The maximum atomic E-state index is 13.2. The molecule has 5 rings (SSSR count). The van der Waals surface area contributed by atoms with Gasteiger partial charge >= 0.3 is 0 Å². The zero-order valence-electron chi connectivity index (χ0n) is 15.8. The molecule has 0 saturated carbocycles. The van der Waals surface area contributed by atoms with Gasteiger partial charge < -0.3 is 15.0 Å². The van der Waals surface area contributed by atoms with E-state index in [4.69, 9.17) is 16.3 Å². The van der Waals surface area contributed by atoms with Crippen molar-refractivity contribution in [2.45, 2.75) is 18.1 Å². The summed E-state index contributed by atoms with van der Waals surface area (Å²) in [6.45, 7) is 1.11. The Morgan fingerprint density at radius 2 is 2.03 bits per heavy atom. The first-order valence-corrected chi connectivity index (χ1v) is 10.2. The maximum Gasteiger partial charge on any atom is 0.231 e. The number of halogens is 1. The van der Waals surface area contributed by atoms with Gasteiger partial charge in [-0.25, -0.2) is 0 Å². The molecule has 6 heteroatoms. The fraction of sp³-hybridized carbons (Fsp3) is 0.304. The lowest BCUT2D eigenvalue weighted by molar-refractivity contribution is -0.135. The highest BCUT2D eigenvalue weighted by Gasteiger charge is 2.66. The van der Waals surface area contributed by atoms with E-state index in [9.17, 15) is 9.59 Å². The molecule has 2 fully saturated rings. The number of hydrogen-bond acceptors (Lipinski definition) is 3. The van der Waals surface area contributed by atoms with Crippen LogP contribution in [0.1, 0.15) is 5.56 Å². The molecule has 0 aromatic heterocycles. The van der Waals surface area contributed by atoms with Crippen molar-refractivity contribution in [3.05, 3.63) is 77.3 Å². The summed E-state index contributed by atoms with van der Waals surface area (Å²) in [5.74, 6) is -1.22. The highest BCUT2D eigenvalue weighted by atomic mass is 35.5. The van der Waals surface area contributed by atoms with Crippen molar-refractivity contribution in [3.63, 3.8) is 0 Å². The van der Waals surface area contributed by atoms with Gasteiger partial charge in [0.25, 0.3) is 0 Å². The molecule has 2 aromatic carbocycles. The lowest BCUT2D eigenvalue weighted by Crippen LogP contribution is -2.41. The Balaban J connectivity index is 1.33. The second-order valence-electron chi connectivity index (χ2n) is 7.89. The minimum atomic E-state index is -0.686. The summed E-state index contributed by atoms with van der Waals surface area (Å²) in [7, 11) is 0. The summed E-state index contributed by atoms with van der Waals surface area (Å²) in [4.78, 5) is 28.1. The van der Waals surface area contributed by atoms with Crippen molar-refractivity contribution >= 4 is 29.1 Å². The van der Waals surface area contributed by atoms with E-state index >= 15 is 0 Å². The van der Waals surface area contributed by atoms with E-state index < -0.39 is 17.4 Å². The SMILES string of the molecule is O=C(Nc1cccc(Cl)c1)[C@H]1[C@@H]2C=C[C@@]3(CN(CCc4ccccc4)C(=O)[C@H]13)O2. The Morgan fingerprint density at radius 1 is 1.21 bits per heavy atom. The van der Waals surface area contributed by atoms with Gasteiger partial charge in [-0.1, -0.05) is 60.2 Å². The zero-order chi connectivity index (χ0) is 20.0. The van der Waals surface area contributed by atoms with E-state index in [1.807, 2.05) is 35.3 Å². The molecule has 1 N–H and O–H groups in total. The third-order valence-electron chi connectivity index (χ3n) is 6.09. The molecule has 29 heavy (non-hydrogen) atoms. The molecule has 0 unspecified atom stereocenters. The third-order valence-corrected chi connectivity index (χ3v) is 6.32. The summed E-state index contributed by atoms with van der Waals surface area (Å²) in [5, 5.41) is 3.45. The number of hydrogen-bond donors (Lipinski definition) is 1. The van der Waals surface area contributed by atoms with Crippen LogP contribution < -0.4 is 5.32 Å². The first kappa shape index (κ1) is 18.4. The molecule has 3 aliphatic heterocycles. The zero-order valence-corrected chi connectivity index (χ0v) is 16.5. The maximum absolute atomic E-state index is 13.2. The van der Waals surface area contributed by atoms with Gasteiger partial charge in [0.2, 0.25) is 11.8 Å². The van der Waals surface area contributed by atoms with E-state index in [0.29, 0.717) is 23.8 Å². The van der Waals surface area contributed by atoms with Gasteiger partial charge in [-0.2, -0.15) is 0 Å². The van der Waals surface area contributed by atoms with Gasteiger partial charge in [0.05, 0.1) is 24.5 Å². The number of carbonyl (C=O) groups excluding carboxylic acids is 2. The van der Waals surface area contributed by atoms with Crippen LogP contribution in [0.15, 0.2) is 66.7 Å². The van der Waals surface area contributed by atoms with E-state index in [2.05, 4.69) is 17.4 Å². The number of likely N-dealkylation sites (tertiary alicyclic amines) is 1. The van der Waals surface area contributed by atoms with Crippen LogP contribution >= 0.6 is 11.6 Å². The number of nitrogens with zero attached hydrogens (tertiary/aromatic N) is 1. The number of ether oxygens (including phenoxy) is 1. The molecule has 3 aliphatic rings. The minimum absolute atomic E-state index is 0.000903. The summed E-state index contributed by atoms with van der Waals surface area (Å²) < 4.78 is 6.17. The largest absolute Gasteiger partial charge is 0.360 e. The molecule has 0 radical (unpaired) electrons. The molecule has 4 atom stereocenters. The average Bonchev–Trinajstić information content (AvgIpc) is 3.35. The Labute approximate surface area is 174 Å². The number of amides is 2. The highest BCUT2D eigenvalue weighted by molar-refractivity contribution is 6.30. The Morgan fingerprint density at radius 3 is 2.83 bits per heavy atom. The number of anilines is 1. The third kappa shape index (κ3) is 3.15. The van der Waals surface area contributed by atoms with Crippen LogP contribution in [0.4, 0.5) is 5.69 Å². The summed E-state index contributed by atoms with van der Waals surface area (Å²) in [6.07, 6.45) is 4.32. The van der Waals surface area contributed by atoms with Crippen LogP contribution in [-0.2, 0) is 20.7 Å². The van der Waals surface area contributed by atoms with E-state index in [1.54, 1.807) is 24.3 Å². The van der Waals surface area contributed by atoms with Crippen LogP contribution in [0.5, 0.6) is 0 Å². The van der Waals surface area contributed by atoms with Crippen molar-refractivity contribution in [1.82, 2.24) is 4.90 Å². The van der Waals surface area contributed by atoms with E-state index in [0.717, 1.165) is 6.42 Å². The van der Waals surface area contributed by atoms with Gasteiger partial charge in [-0.3, -0.25) is 9.59 Å². The van der Waals surface area contributed by atoms with Crippen molar-refractivity contribution in [2.24, 2.45) is 11.8 Å². The van der Waals surface area contributed by atoms with Gasteiger partial charge in [0.1, 0.15) is 5.60 Å². The molecule has 148 valence electrons. The molecule has 3 heterocycles. The number of rotatable bonds is 5. The standard InChI is InChI=1S/C23H21ClN2O3/c24-16-7-4-8-17(13-16)25-21(27)19-18-9-11-23(29-18)14-26(22(28)20(19)23)12-10-15-5-2-1-3-6-15/h1-9,11,13,18-20H,10,12,14H2,(H,25,27)/t18-,19-,20-,23-/m0/s1. The lowest BCUT2D eigenvalue weighted by atomic mass is 9.77. The van der Waals surface area contributed by atoms with E-state index in [-0.39, 0.29) is 17.9 Å². The van der Waals surface area contributed by atoms with Crippen molar-refractivity contribution in [3.8, 4) is 0 Å². The fourth-order valence-electron chi connectivity index (χ4n) is 4.77. The van der Waals surface area contributed by atoms with Crippen LogP contribution in [0.25, 0.3) is 0 Å². The lowest BCUT2D eigenvalue weighted by Gasteiger charge is -2.23. The number of nitrogens with one attached hydrogen (secondary N) is 1. The number of carbonyl (C=O) groups is 2. The molecule has 2 saturated heterocycles. The first-order valence-electron chi connectivity index (χ1n) is 9.82. The molecule has 2 amide bonds. The van der Waals surface area contributed by atoms with Gasteiger partial charge in [0, 0.05) is 17.3 Å². The summed E-state index contributed by atoms with van der Waals surface area (Å²) in [6, 6.07) is 17.1. The highest BCUT2D eigenvalue weighted by Crippen LogP contribution is 2.52. The Kier molecular flexibility index (Phi) is 4.45. The van der Waals surface area contributed by atoms with Crippen molar-refractivity contribution < 1.29 is 14.3 Å². The number of fused-ring (bicyclic) bond motifs is 1. The number of benzene rings is 2. The molecule has 5 nitrogen and oxygen atoms in total. The molecular formula is C23H21ClN2O3. The second-order valence-corrected chi connectivity index (χ2v) is 8.33. The van der Waals surface area contributed by atoms with Gasteiger partial charge in [-0.15, -0.1) is 0 Å². The van der Waals surface area contributed by atoms with Gasteiger partial charge in [0.15, 0.2) is 0 Å². The fourth-order valence-corrected chi connectivity index (χ4v) is 4.96. The first-order chi connectivity index (χ1) is 14.1. The Bertz CT molecular complexity index is 993. The molecule has 2 bridgehead atoms. The van der Waals surface area contributed by atoms with Gasteiger partial charge in [-0.05, 0) is 30.2 Å². The minimum Gasteiger partial charge on any atom is -0.360 e. The second kappa shape index (κ2) is 7.01. The van der Waals surface area contributed by atoms with Crippen LogP contribution in [0, 0.1) is 11.8 Å². The summed E-state index contributed by atoms with van der Waals surface area (Å²) in [5.41, 5.74) is 1.12. The van der Waals surface area contributed by atoms with Crippen LogP contribution in [0.3, 0.4) is 0 Å². The van der Waals surface area contributed by atoms with Crippen LogP contribution in [0.2, 0.25) is 5.02 Å². The topological polar surface area (TPSA) is 58.6 Å². The molecule has 0 aliphatic carbocycles. The average molecular weight is 409 g/mol. The predicted octanol–water partition coefficient (Wildman–Crippen LogP) is 3.30. The summed E-state index contributed by atoms with van der Waals surface area (Å²) >= 11 is 6.02. The monoisotopic (exact) mass is 408 g/mol. The predicted molar refractivity (Wildman–Crippen MR) is 111 cm³/mol. The smallest absolute Gasteiger partial charge is 0.231 e. The van der Waals surface area contributed by atoms with Crippen LogP contribution in [-0.4, -0.2) is 41.5 Å². The molecule has 1 spiro atoms. The Hall–Kier alpha value is -2.63. The normalized spacial score (nSPS) is 29.3. The van der Waals surface area contributed by atoms with Crippen molar-refractivity contribution in [1.29, 1.82) is 0 Å². The van der Waals surface area contributed by atoms with Crippen molar-refractivity contribution in [2.75, 3.05) is 18.4 Å². The molecule has 2 aromatic rings. The van der Waals surface area contributed by atoms with E-state index in [1.165, 1.54) is 5.56 Å².